The summed E-state index contributed by atoms with van der Waals surface area (Å²) in [5.41, 5.74) is 0.991. The highest BCUT2D eigenvalue weighted by Crippen LogP contribution is 2.24. The van der Waals surface area contributed by atoms with Gasteiger partial charge in [-0.25, -0.2) is 12.7 Å². The van der Waals surface area contributed by atoms with Crippen LogP contribution in [0.5, 0.6) is 0 Å². The Morgan fingerprint density at radius 1 is 1.07 bits per heavy atom. The minimum Gasteiger partial charge on any atom is -0.339 e. The predicted octanol–water partition coefficient (Wildman–Crippen LogP) is 2.31. The van der Waals surface area contributed by atoms with Crippen molar-refractivity contribution in [1.29, 1.82) is 0 Å². The number of hydrogen-bond donors (Lipinski definition) is 1. The monoisotopic (exact) mass is 407 g/mol. The number of piperidine rings is 2. The van der Waals surface area contributed by atoms with Crippen LogP contribution in [0.25, 0.3) is 0 Å². The fourth-order valence-electron chi connectivity index (χ4n) is 3.87. The van der Waals surface area contributed by atoms with Crippen LogP contribution in [0.3, 0.4) is 0 Å². The minimum atomic E-state index is -3.30. The first-order valence-electron chi connectivity index (χ1n) is 10.1. The molecule has 3 rings (SSSR count). The standard InChI is InChI=1S/C20H29N3O4S/c1-2-28(26,27)23-14-8-9-16(15-23)19(24)21-18-11-5-4-10-17(18)20(25)22-12-6-3-7-13-22/h4-5,10-11,16H,2-3,6-9,12-15H2,1H3,(H,21,24)/t16-/m1/s1. The predicted molar refractivity (Wildman–Crippen MR) is 109 cm³/mol. The van der Waals surface area contributed by atoms with E-state index in [1.165, 1.54) is 4.31 Å². The third-order valence-electron chi connectivity index (χ3n) is 5.57. The molecule has 1 aromatic rings. The van der Waals surface area contributed by atoms with E-state index in [-0.39, 0.29) is 24.1 Å². The van der Waals surface area contributed by atoms with E-state index in [4.69, 9.17) is 0 Å². The van der Waals surface area contributed by atoms with Gasteiger partial charge in [0.1, 0.15) is 0 Å². The average molecular weight is 408 g/mol. The third kappa shape index (κ3) is 4.72. The average Bonchev–Trinajstić information content (AvgIpc) is 2.74. The molecule has 2 fully saturated rings. The van der Waals surface area contributed by atoms with Crippen LogP contribution in [0.15, 0.2) is 24.3 Å². The normalized spacial score (nSPS) is 21.3. The van der Waals surface area contributed by atoms with Gasteiger partial charge in [0, 0.05) is 26.2 Å². The number of nitrogens with zero attached hydrogens (tertiary/aromatic N) is 2. The number of rotatable bonds is 5. The van der Waals surface area contributed by atoms with Crippen LogP contribution < -0.4 is 5.32 Å². The van der Waals surface area contributed by atoms with Gasteiger partial charge in [0.15, 0.2) is 0 Å². The van der Waals surface area contributed by atoms with E-state index in [1.54, 1.807) is 31.2 Å². The van der Waals surface area contributed by atoms with Crippen LogP contribution in [-0.4, -0.2) is 61.4 Å². The summed E-state index contributed by atoms with van der Waals surface area (Å²) in [6, 6.07) is 7.06. The van der Waals surface area contributed by atoms with Crippen molar-refractivity contribution in [2.45, 2.75) is 39.0 Å². The van der Waals surface area contributed by atoms with Gasteiger partial charge in [-0.3, -0.25) is 9.59 Å². The van der Waals surface area contributed by atoms with Crippen molar-refractivity contribution in [3.8, 4) is 0 Å². The third-order valence-corrected chi connectivity index (χ3v) is 7.42. The van der Waals surface area contributed by atoms with Gasteiger partial charge in [-0.2, -0.15) is 0 Å². The van der Waals surface area contributed by atoms with Crippen LogP contribution in [0.1, 0.15) is 49.4 Å². The zero-order valence-electron chi connectivity index (χ0n) is 16.4. The molecule has 0 radical (unpaired) electrons. The Labute approximate surface area is 167 Å². The molecule has 7 nitrogen and oxygen atoms in total. The Bertz CT molecular complexity index is 818. The fourth-order valence-corrected chi connectivity index (χ4v) is 5.05. The Morgan fingerprint density at radius 3 is 2.50 bits per heavy atom. The maximum Gasteiger partial charge on any atom is 0.255 e. The number of carbonyl (C=O) groups excluding carboxylic acids is 2. The van der Waals surface area contributed by atoms with Crippen molar-refractivity contribution >= 4 is 27.5 Å². The smallest absolute Gasteiger partial charge is 0.255 e. The molecule has 1 atom stereocenters. The molecule has 1 aromatic carbocycles. The molecule has 8 heteroatoms. The van der Waals surface area contributed by atoms with E-state index < -0.39 is 15.9 Å². The van der Waals surface area contributed by atoms with Crippen molar-refractivity contribution in [3.63, 3.8) is 0 Å². The summed E-state index contributed by atoms with van der Waals surface area (Å²) in [5, 5.41) is 2.88. The highest BCUT2D eigenvalue weighted by atomic mass is 32.2. The lowest BCUT2D eigenvalue weighted by molar-refractivity contribution is -0.120. The van der Waals surface area contributed by atoms with Crippen molar-refractivity contribution in [2.75, 3.05) is 37.2 Å². The molecule has 2 aliphatic rings. The van der Waals surface area contributed by atoms with Gasteiger partial charge in [0.05, 0.1) is 22.9 Å². The fraction of sp³-hybridized carbons (Fsp3) is 0.600. The number of benzene rings is 1. The van der Waals surface area contributed by atoms with Crippen LogP contribution in [-0.2, 0) is 14.8 Å². The van der Waals surface area contributed by atoms with Gasteiger partial charge in [0.25, 0.3) is 5.91 Å². The number of anilines is 1. The molecule has 0 aromatic heterocycles. The first-order valence-corrected chi connectivity index (χ1v) is 11.7. The lowest BCUT2D eigenvalue weighted by Gasteiger charge is -2.31. The molecule has 2 saturated heterocycles. The number of para-hydroxylation sites is 1. The van der Waals surface area contributed by atoms with E-state index >= 15 is 0 Å². The number of nitrogens with one attached hydrogen (secondary N) is 1. The summed E-state index contributed by atoms with van der Waals surface area (Å²) in [6.07, 6.45) is 4.45. The maximum absolute atomic E-state index is 12.9. The van der Waals surface area contributed by atoms with Crippen molar-refractivity contribution in [1.82, 2.24) is 9.21 Å². The van der Waals surface area contributed by atoms with Crippen LogP contribution in [0, 0.1) is 5.92 Å². The maximum atomic E-state index is 12.9. The summed E-state index contributed by atoms with van der Waals surface area (Å²) in [5.74, 6) is -0.660. The zero-order valence-corrected chi connectivity index (χ0v) is 17.2. The molecular formula is C20H29N3O4S. The first-order chi connectivity index (χ1) is 13.4. The van der Waals surface area contributed by atoms with Gasteiger partial charge < -0.3 is 10.2 Å². The number of amides is 2. The molecule has 2 aliphatic heterocycles. The van der Waals surface area contributed by atoms with E-state index in [9.17, 15) is 18.0 Å². The quantitative estimate of drug-likeness (QED) is 0.811. The highest BCUT2D eigenvalue weighted by Gasteiger charge is 2.32. The number of sulfonamides is 1. The SMILES string of the molecule is CCS(=O)(=O)N1CCC[C@@H](C(=O)Nc2ccccc2C(=O)N2CCCCC2)C1. The van der Waals surface area contributed by atoms with Gasteiger partial charge >= 0.3 is 0 Å². The minimum absolute atomic E-state index is 0.0362. The van der Waals surface area contributed by atoms with E-state index in [2.05, 4.69) is 5.32 Å². The molecule has 0 bridgehead atoms. The van der Waals surface area contributed by atoms with E-state index in [1.807, 2.05) is 4.90 Å². The van der Waals surface area contributed by atoms with Gasteiger partial charge in [-0.15, -0.1) is 0 Å². The topological polar surface area (TPSA) is 86.8 Å². The molecular weight excluding hydrogens is 378 g/mol. The lowest BCUT2D eigenvalue weighted by Crippen LogP contribution is -2.44. The van der Waals surface area contributed by atoms with Crippen LogP contribution >= 0.6 is 0 Å². The van der Waals surface area contributed by atoms with Crippen molar-refractivity contribution < 1.29 is 18.0 Å². The molecule has 2 heterocycles. The zero-order chi connectivity index (χ0) is 20.1. The van der Waals surface area contributed by atoms with Crippen molar-refractivity contribution in [2.24, 2.45) is 5.92 Å². The lowest BCUT2D eigenvalue weighted by atomic mass is 9.98. The second kappa shape index (κ2) is 9.05. The first kappa shape index (κ1) is 20.8. The second-order valence-electron chi connectivity index (χ2n) is 7.49. The molecule has 28 heavy (non-hydrogen) atoms. The van der Waals surface area contributed by atoms with Crippen LogP contribution in [0.4, 0.5) is 5.69 Å². The largest absolute Gasteiger partial charge is 0.339 e. The Kier molecular flexibility index (Phi) is 6.72. The molecule has 0 saturated carbocycles. The Morgan fingerprint density at radius 2 is 1.79 bits per heavy atom. The summed E-state index contributed by atoms with van der Waals surface area (Å²) in [7, 11) is -3.30. The highest BCUT2D eigenvalue weighted by molar-refractivity contribution is 7.89. The van der Waals surface area contributed by atoms with Gasteiger partial charge in [-0.05, 0) is 51.2 Å². The molecule has 0 spiro atoms. The Balaban J connectivity index is 1.71. The number of hydrogen-bond acceptors (Lipinski definition) is 4. The van der Waals surface area contributed by atoms with E-state index in [0.29, 0.717) is 30.6 Å². The second-order valence-corrected chi connectivity index (χ2v) is 9.74. The molecule has 0 aliphatic carbocycles. The van der Waals surface area contributed by atoms with E-state index in [0.717, 1.165) is 32.4 Å². The molecule has 2 amide bonds. The number of carbonyl (C=O) groups is 2. The molecule has 1 N–H and O–H groups in total. The molecule has 154 valence electrons. The summed E-state index contributed by atoms with van der Waals surface area (Å²) < 4.78 is 25.7. The van der Waals surface area contributed by atoms with Crippen LogP contribution in [0.2, 0.25) is 0 Å². The van der Waals surface area contributed by atoms with Gasteiger partial charge in [-0.1, -0.05) is 12.1 Å². The van der Waals surface area contributed by atoms with Crippen molar-refractivity contribution in [3.05, 3.63) is 29.8 Å². The van der Waals surface area contributed by atoms with Gasteiger partial charge in [0.2, 0.25) is 15.9 Å². The summed E-state index contributed by atoms with van der Waals surface area (Å²) in [4.78, 5) is 27.5. The summed E-state index contributed by atoms with van der Waals surface area (Å²) in [6.45, 7) is 3.76. The number of likely N-dealkylation sites (tertiary alicyclic amines) is 1. The Hall–Kier alpha value is -1.93. The summed E-state index contributed by atoms with van der Waals surface area (Å²) >= 11 is 0. The molecule has 0 unspecified atom stereocenters.